The molecule has 0 bridgehead atoms. The van der Waals surface area contributed by atoms with E-state index in [0.29, 0.717) is 16.1 Å². The molecule has 0 saturated carbocycles. The molecule has 0 atom stereocenters. The minimum Gasteiger partial charge on any atom is -0.506 e. The summed E-state index contributed by atoms with van der Waals surface area (Å²) in [6.07, 6.45) is 1.72. The Hall–Kier alpha value is -3.29. The van der Waals surface area contributed by atoms with Crippen molar-refractivity contribution in [1.82, 2.24) is 9.55 Å². The number of phenolic OH excluding ortho intramolecular Hbond substituents is 1. The molecule has 0 aliphatic heterocycles. The molecular weight excluding hydrogens is 334 g/mol. The quantitative estimate of drug-likeness (QED) is 0.560. The van der Waals surface area contributed by atoms with Crippen LogP contribution in [0.1, 0.15) is 5.56 Å². The van der Waals surface area contributed by atoms with E-state index in [9.17, 15) is 5.11 Å². The van der Waals surface area contributed by atoms with Crippen LogP contribution in [0.25, 0.3) is 27.8 Å². The van der Waals surface area contributed by atoms with Gasteiger partial charge < -0.3 is 5.11 Å². The van der Waals surface area contributed by atoms with Gasteiger partial charge >= 0.3 is 0 Å². The van der Waals surface area contributed by atoms with Gasteiger partial charge in [-0.05, 0) is 42.0 Å². The summed E-state index contributed by atoms with van der Waals surface area (Å²) in [5, 5.41) is 19.6. The summed E-state index contributed by atoms with van der Waals surface area (Å²) >= 11 is 6.02. The number of para-hydroxylation sites is 1. The van der Waals surface area contributed by atoms with Crippen molar-refractivity contribution in [3.8, 4) is 28.6 Å². The number of nitriles is 1. The second-order valence-corrected chi connectivity index (χ2v) is 6.02. The van der Waals surface area contributed by atoms with Crippen molar-refractivity contribution in [3.63, 3.8) is 0 Å². The maximum Gasteiger partial charge on any atom is 0.141 e. The Labute approximate surface area is 149 Å². The highest BCUT2D eigenvalue weighted by Gasteiger charge is 2.10. The molecule has 1 aromatic heterocycles. The van der Waals surface area contributed by atoms with Crippen LogP contribution in [-0.4, -0.2) is 14.7 Å². The number of halogens is 1. The van der Waals surface area contributed by atoms with Crippen LogP contribution in [0.3, 0.4) is 0 Å². The molecule has 1 heterocycles. The molecule has 0 amide bonds. The zero-order valence-corrected chi connectivity index (χ0v) is 13.8. The van der Waals surface area contributed by atoms with Gasteiger partial charge in [-0.1, -0.05) is 35.9 Å². The molecule has 0 radical (unpaired) electrons. The average Bonchev–Trinajstić information content (AvgIpc) is 3.07. The van der Waals surface area contributed by atoms with E-state index in [4.69, 9.17) is 16.9 Å². The summed E-state index contributed by atoms with van der Waals surface area (Å²) < 4.78 is 1.95. The molecule has 1 N–H and O–H groups in total. The first-order valence-electron chi connectivity index (χ1n) is 7.63. The second-order valence-electron chi connectivity index (χ2n) is 5.62. The van der Waals surface area contributed by atoms with E-state index in [0.717, 1.165) is 22.3 Å². The Morgan fingerprint density at radius 2 is 1.88 bits per heavy atom. The fourth-order valence-corrected chi connectivity index (χ4v) is 3.03. The highest BCUT2D eigenvalue weighted by molar-refractivity contribution is 6.32. The van der Waals surface area contributed by atoms with Gasteiger partial charge in [-0.25, -0.2) is 4.98 Å². The topological polar surface area (TPSA) is 61.8 Å². The Balaban J connectivity index is 1.85. The standard InChI is InChI=1S/C20H12ClN3O/c21-17-6-2-5-16(20(17)25)14-3-1-4-15(10-14)24-12-23-18-9-13(11-22)7-8-19(18)24/h1-10,12,25H. The second kappa shape index (κ2) is 5.97. The molecule has 4 nitrogen and oxygen atoms in total. The minimum absolute atomic E-state index is 0.0652. The van der Waals surface area contributed by atoms with Crippen molar-refractivity contribution < 1.29 is 5.11 Å². The van der Waals surface area contributed by atoms with E-state index in [2.05, 4.69) is 11.1 Å². The molecule has 0 unspecified atom stereocenters. The van der Waals surface area contributed by atoms with Gasteiger partial charge in [0.2, 0.25) is 0 Å². The van der Waals surface area contributed by atoms with Crippen LogP contribution in [0, 0.1) is 11.3 Å². The number of imidazole rings is 1. The Morgan fingerprint density at radius 3 is 2.72 bits per heavy atom. The monoisotopic (exact) mass is 345 g/mol. The first-order chi connectivity index (χ1) is 12.2. The molecule has 5 heteroatoms. The molecule has 0 saturated heterocycles. The number of benzene rings is 3. The number of hydrogen-bond donors (Lipinski definition) is 1. The third-order valence-corrected chi connectivity index (χ3v) is 4.40. The van der Waals surface area contributed by atoms with E-state index in [-0.39, 0.29) is 5.75 Å². The predicted octanol–water partition coefficient (Wildman–Crippen LogP) is 4.92. The van der Waals surface area contributed by atoms with E-state index in [1.54, 1.807) is 30.6 Å². The zero-order chi connectivity index (χ0) is 17.4. The van der Waals surface area contributed by atoms with Gasteiger partial charge in [0.1, 0.15) is 12.1 Å². The van der Waals surface area contributed by atoms with Crippen molar-refractivity contribution in [2.75, 3.05) is 0 Å². The van der Waals surface area contributed by atoms with Gasteiger partial charge in [0.15, 0.2) is 0 Å². The maximum absolute atomic E-state index is 10.2. The third kappa shape index (κ3) is 2.61. The summed E-state index contributed by atoms with van der Waals surface area (Å²) in [6.45, 7) is 0. The molecule has 0 aliphatic carbocycles. The Bertz CT molecular complexity index is 1140. The van der Waals surface area contributed by atoms with Crippen LogP contribution >= 0.6 is 11.6 Å². The molecule has 4 aromatic rings. The summed E-state index contributed by atoms with van der Waals surface area (Å²) in [7, 11) is 0. The number of rotatable bonds is 2. The lowest BCUT2D eigenvalue weighted by Gasteiger charge is -2.10. The summed E-state index contributed by atoms with van der Waals surface area (Å²) in [6, 6.07) is 20.6. The largest absolute Gasteiger partial charge is 0.506 e. The first kappa shape index (κ1) is 15.3. The summed E-state index contributed by atoms with van der Waals surface area (Å²) in [5.41, 5.74) is 4.68. The Morgan fingerprint density at radius 1 is 1.04 bits per heavy atom. The molecule has 0 aliphatic rings. The van der Waals surface area contributed by atoms with E-state index in [1.807, 2.05) is 41.0 Å². The lowest BCUT2D eigenvalue weighted by atomic mass is 10.0. The SMILES string of the molecule is N#Cc1ccc2c(c1)ncn2-c1cccc(-c2cccc(Cl)c2O)c1. The van der Waals surface area contributed by atoms with Crippen molar-refractivity contribution in [1.29, 1.82) is 5.26 Å². The number of nitrogens with zero attached hydrogens (tertiary/aromatic N) is 3. The number of phenols is 1. The molecule has 0 spiro atoms. The Kier molecular flexibility index (Phi) is 3.64. The predicted molar refractivity (Wildman–Crippen MR) is 97.9 cm³/mol. The van der Waals surface area contributed by atoms with Crippen molar-refractivity contribution in [3.05, 3.63) is 77.6 Å². The van der Waals surface area contributed by atoms with Crippen molar-refractivity contribution in [2.45, 2.75) is 0 Å². The fraction of sp³-hybridized carbons (Fsp3) is 0. The fourth-order valence-electron chi connectivity index (χ4n) is 2.86. The lowest BCUT2D eigenvalue weighted by Crippen LogP contribution is -1.92. The van der Waals surface area contributed by atoms with Gasteiger partial charge in [-0.2, -0.15) is 5.26 Å². The van der Waals surface area contributed by atoms with Crippen LogP contribution < -0.4 is 0 Å². The van der Waals surface area contributed by atoms with E-state index < -0.39 is 0 Å². The van der Waals surface area contributed by atoms with Gasteiger partial charge in [-0.3, -0.25) is 4.57 Å². The molecule has 120 valence electrons. The highest BCUT2D eigenvalue weighted by atomic mass is 35.5. The van der Waals surface area contributed by atoms with Crippen LogP contribution in [0.2, 0.25) is 5.02 Å². The third-order valence-electron chi connectivity index (χ3n) is 4.10. The smallest absolute Gasteiger partial charge is 0.141 e. The average molecular weight is 346 g/mol. The minimum atomic E-state index is 0.0652. The number of hydrogen-bond acceptors (Lipinski definition) is 3. The van der Waals surface area contributed by atoms with Crippen LogP contribution in [0.15, 0.2) is 67.0 Å². The highest BCUT2D eigenvalue weighted by Crippen LogP contribution is 2.35. The zero-order valence-electron chi connectivity index (χ0n) is 13.0. The van der Waals surface area contributed by atoms with Crippen LogP contribution in [-0.2, 0) is 0 Å². The normalized spacial score (nSPS) is 10.7. The maximum atomic E-state index is 10.2. The molecule has 25 heavy (non-hydrogen) atoms. The molecule has 3 aromatic carbocycles. The molecular formula is C20H12ClN3O. The molecule has 0 fully saturated rings. The van der Waals surface area contributed by atoms with Gasteiger partial charge in [0.25, 0.3) is 0 Å². The van der Waals surface area contributed by atoms with Gasteiger partial charge in [-0.15, -0.1) is 0 Å². The van der Waals surface area contributed by atoms with Crippen molar-refractivity contribution >= 4 is 22.6 Å². The number of aromatic nitrogens is 2. The van der Waals surface area contributed by atoms with Crippen molar-refractivity contribution in [2.24, 2.45) is 0 Å². The van der Waals surface area contributed by atoms with Gasteiger partial charge in [0.05, 0.1) is 27.7 Å². The van der Waals surface area contributed by atoms with Gasteiger partial charge in [0, 0.05) is 11.3 Å². The van der Waals surface area contributed by atoms with Crippen LogP contribution in [0.4, 0.5) is 0 Å². The lowest BCUT2D eigenvalue weighted by molar-refractivity contribution is 0.477. The summed E-state index contributed by atoms with van der Waals surface area (Å²) in [4.78, 5) is 4.38. The first-order valence-corrected chi connectivity index (χ1v) is 8.00. The molecule has 4 rings (SSSR count). The van der Waals surface area contributed by atoms with Crippen LogP contribution in [0.5, 0.6) is 5.75 Å². The number of fused-ring (bicyclic) bond motifs is 1. The van der Waals surface area contributed by atoms with E-state index in [1.165, 1.54) is 0 Å². The summed E-state index contributed by atoms with van der Waals surface area (Å²) in [5.74, 6) is 0.0652. The number of aromatic hydroxyl groups is 1. The van der Waals surface area contributed by atoms with E-state index >= 15 is 0 Å².